The summed E-state index contributed by atoms with van der Waals surface area (Å²) in [6, 6.07) is 8.70. The molecule has 0 aliphatic carbocycles. The second-order valence-corrected chi connectivity index (χ2v) is 8.99. The minimum Gasteiger partial charge on any atom is -0.339 e. The van der Waals surface area contributed by atoms with E-state index in [0.29, 0.717) is 39.1 Å². The van der Waals surface area contributed by atoms with E-state index in [9.17, 15) is 14.0 Å². The predicted octanol–water partition coefficient (Wildman–Crippen LogP) is 3.31. The molecular weight excluding hydrogens is 401 g/mol. The number of rotatable bonds is 5. The number of carbonyl (C=O) groups excluding carboxylic acids is 2. The molecule has 4 rings (SSSR count). The number of carbonyl (C=O) groups is 2. The first kappa shape index (κ1) is 21.0. The summed E-state index contributed by atoms with van der Waals surface area (Å²) in [5.74, 6) is 0.00320. The number of fused-ring (bicyclic) bond motifs is 1. The summed E-state index contributed by atoms with van der Waals surface area (Å²) < 4.78 is 13.9. The van der Waals surface area contributed by atoms with Gasteiger partial charge in [-0.05, 0) is 47.5 Å². The molecule has 0 radical (unpaired) electrons. The van der Waals surface area contributed by atoms with Gasteiger partial charge in [-0.1, -0.05) is 19.1 Å². The Bertz CT molecular complexity index is 907. The molecule has 1 fully saturated rings. The monoisotopic (exact) mass is 429 g/mol. The van der Waals surface area contributed by atoms with Crippen LogP contribution in [0.1, 0.15) is 41.8 Å². The molecule has 0 saturated carbocycles. The zero-order valence-electron chi connectivity index (χ0n) is 17.3. The Morgan fingerprint density at radius 1 is 1.07 bits per heavy atom. The number of benzene rings is 1. The van der Waals surface area contributed by atoms with Crippen LogP contribution in [0, 0.1) is 5.82 Å². The number of halogens is 1. The summed E-state index contributed by atoms with van der Waals surface area (Å²) in [7, 11) is 0. The van der Waals surface area contributed by atoms with Crippen molar-refractivity contribution in [2.24, 2.45) is 0 Å². The van der Waals surface area contributed by atoms with Gasteiger partial charge in [0.25, 0.3) is 0 Å². The normalized spacial score (nSPS) is 19.6. The Balaban J connectivity index is 1.45. The molecule has 2 aromatic rings. The van der Waals surface area contributed by atoms with Crippen LogP contribution < -0.4 is 0 Å². The van der Waals surface area contributed by atoms with Crippen molar-refractivity contribution in [3.05, 3.63) is 57.5 Å². The number of hydrogen-bond acceptors (Lipinski definition) is 4. The van der Waals surface area contributed by atoms with Gasteiger partial charge in [-0.25, -0.2) is 4.39 Å². The standard InChI is InChI=1S/C23H28FN3O2S/c1-2-4-21(28)25-10-12-26(13-11-25)22(29)16-27-9-7-20-19(8-14-30-20)23(27)17-5-3-6-18(24)15-17/h3,5-6,8,14-15,23H,2,4,7,9-13,16H2,1H3. The third kappa shape index (κ3) is 4.42. The van der Waals surface area contributed by atoms with Crippen LogP contribution >= 0.6 is 11.3 Å². The van der Waals surface area contributed by atoms with Crippen molar-refractivity contribution in [3.63, 3.8) is 0 Å². The van der Waals surface area contributed by atoms with E-state index in [1.807, 2.05) is 22.8 Å². The summed E-state index contributed by atoms with van der Waals surface area (Å²) in [6.07, 6.45) is 2.32. The van der Waals surface area contributed by atoms with Crippen LogP contribution in [0.2, 0.25) is 0 Å². The summed E-state index contributed by atoms with van der Waals surface area (Å²) in [5, 5.41) is 2.08. The molecule has 1 aromatic carbocycles. The Hall–Kier alpha value is -2.25. The van der Waals surface area contributed by atoms with E-state index >= 15 is 0 Å². The fourth-order valence-electron chi connectivity index (χ4n) is 4.46. The molecule has 0 bridgehead atoms. The lowest BCUT2D eigenvalue weighted by molar-refractivity contribution is -0.140. The zero-order valence-corrected chi connectivity index (χ0v) is 18.2. The first-order valence-electron chi connectivity index (χ1n) is 10.7. The molecule has 0 N–H and O–H groups in total. The van der Waals surface area contributed by atoms with Crippen LogP contribution in [-0.2, 0) is 16.0 Å². The SMILES string of the molecule is CCCC(=O)N1CCN(C(=O)CN2CCc3sccc3C2c2cccc(F)c2)CC1. The topological polar surface area (TPSA) is 43.9 Å². The predicted molar refractivity (Wildman–Crippen MR) is 116 cm³/mol. The zero-order chi connectivity index (χ0) is 21.1. The lowest BCUT2D eigenvalue weighted by Gasteiger charge is -2.39. The second kappa shape index (κ2) is 9.27. The van der Waals surface area contributed by atoms with Crippen LogP contribution in [0.3, 0.4) is 0 Å². The van der Waals surface area contributed by atoms with E-state index in [0.717, 1.165) is 24.9 Å². The van der Waals surface area contributed by atoms with Crippen molar-refractivity contribution in [3.8, 4) is 0 Å². The van der Waals surface area contributed by atoms with E-state index in [-0.39, 0.29) is 23.7 Å². The lowest BCUT2D eigenvalue weighted by atomic mass is 9.93. The van der Waals surface area contributed by atoms with Gasteiger partial charge in [0.1, 0.15) is 5.82 Å². The highest BCUT2D eigenvalue weighted by molar-refractivity contribution is 7.10. The Labute approximate surface area is 181 Å². The molecule has 30 heavy (non-hydrogen) atoms. The van der Waals surface area contributed by atoms with Crippen LogP contribution in [-0.4, -0.2) is 65.8 Å². The molecule has 0 spiro atoms. The van der Waals surface area contributed by atoms with Crippen molar-refractivity contribution in [1.29, 1.82) is 0 Å². The first-order valence-corrected chi connectivity index (χ1v) is 11.6. The summed E-state index contributed by atoms with van der Waals surface area (Å²) >= 11 is 1.73. The second-order valence-electron chi connectivity index (χ2n) is 7.99. The molecule has 1 aromatic heterocycles. The Kier molecular flexibility index (Phi) is 6.49. The molecule has 160 valence electrons. The number of nitrogens with zero attached hydrogens (tertiary/aromatic N) is 3. The van der Waals surface area contributed by atoms with E-state index in [1.54, 1.807) is 23.5 Å². The van der Waals surface area contributed by atoms with Crippen LogP contribution in [0.4, 0.5) is 4.39 Å². The van der Waals surface area contributed by atoms with Crippen LogP contribution in [0.15, 0.2) is 35.7 Å². The van der Waals surface area contributed by atoms with E-state index in [4.69, 9.17) is 0 Å². The first-order chi connectivity index (χ1) is 14.6. The molecular formula is C23H28FN3O2S. The highest BCUT2D eigenvalue weighted by Crippen LogP contribution is 2.37. The molecule has 1 atom stereocenters. The van der Waals surface area contributed by atoms with Crippen molar-refractivity contribution in [2.75, 3.05) is 39.3 Å². The Morgan fingerprint density at radius 3 is 2.50 bits per heavy atom. The molecule has 1 unspecified atom stereocenters. The maximum atomic E-state index is 13.9. The fraction of sp³-hybridized carbons (Fsp3) is 0.478. The van der Waals surface area contributed by atoms with E-state index in [1.165, 1.54) is 16.5 Å². The number of thiophene rings is 1. The van der Waals surface area contributed by atoms with Gasteiger partial charge in [0, 0.05) is 44.0 Å². The highest BCUT2D eigenvalue weighted by atomic mass is 32.1. The highest BCUT2D eigenvalue weighted by Gasteiger charge is 2.33. The minimum absolute atomic E-state index is 0.0812. The Morgan fingerprint density at radius 2 is 1.80 bits per heavy atom. The summed E-state index contributed by atoms with van der Waals surface area (Å²) in [5.41, 5.74) is 2.07. The molecule has 1 saturated heterocycles. The maximum absolute atomic E-state index is 13.9. The molecule has 5 nitrogen and oxygen atoms in total. The van der Waals surface area contributed by atoms with Gasteiger partial charge in [-0.2, -0.15) is 0 Å². The quantitative estimate of drug-likeness (QED) is 0.733. The van der Waals surface area contributed by atoms with Crippen molar-refractivity contribution in [2.45, 2.75) is 32.2 Å². The van der Waals surface area contributed by atoms with Crippen molar-refractivity contribution < 1.29 is 14.0 Å². The van der Waals surface area contributed by atoms with Crippen LogP contribution in [0.25, 0.3) is 0 Å². The number of amides is 2. The minimum atomic E-state index is -0.256. The van der Waals surface area contributed by atoms with Gasteiger partial charge in [0.2, 0.25) is 11.8 Å². The van der Waals surface area contributed by atoms with Crippen molar-refractivity contribution >= 4 is 23.2 Å². The third-order valence-electron chi connectivity index (χ3n) is 6.02. The smallest absolute Gasteiger partial charge is 0.236 e. The van der Waals surface area contributed by atoms with Gasteiger partial charge in [0.05, 0.1) is 12.6 Å². The molecule has 3 heterocycles. The van der Waals surface area contributed by atoms with Gasteiger partial charge < -0.3 is 9.80 Å². The maximum Gasteiger partial charge on any atom is 0.236 e. The summed E-state index contributed by atoms with van der Waals surface area (Å²) in [6.45, 7) is 5.45. The lowest BCUT2D eigenvalue weighted by Crippen LogP contribution is -2.53. The average Bonchev–Trinajstić information content (AvgIpc) is 3.22. The van der Waals surface area contributed by atoms with E-state index < -0.39 is 0 Å². The molecule has 2 amide bonds. The van der Waals surface area contributed by atoms with Gasteiger partial charge >= 0.3 is 0 Å². The number of hydrogen-bond donors (Lipinski definition) is 0. The van der Waals surface area contributed by atoms with Crippen LogP contribution in [0.5, 0.6) is 0 Å². The molecule has 2 aliphatic rings. The van der Waals surface area contributed by atoms with E-state index in [2.05, 4.69) is 16.3 Å². The summed E-state index contributed by atoms with van der Waals surface area (Å²) in [4.78, 5) is 32.4. The number of piperazine rings is 1. The van der Waals surface area contributed by atoms with Gasteiger partial charge in [-0.3, -0.25) is 14.5 Å². The molecule has 7 heteroatoms. The molecule has 2 aliphatic heterocycles. The third-order valence-corrected chi connectivity index (χ3v) is 7.01. The largest absolute Gasteiger partial charge is 0.339 e. The van der Waals surface area contributed by atoms with Gasteiger partial charge in [-0.15, -0.1) is 11.3 Å². The average molecular weight is 430 g/mol. The van der Waals surface area contributed by atoms with Crippen molar-refractivity contribution in [1.82, 2.24) is 14.7 Å². The fourth-order valence-corrected chi connectivity index (χ4v) is 5.36. The van der Waals surface area contributed by atoms with Gasteiger partial charge in [0.15, 0.2) is 0 Å².